The maximum absolute atomic E-state index is 13.2. The summed E-state index contributed by atoms with van der Waals surface area (Å²) in [6.45, 7) is 0. The third-order valence-corrected chi connectivity index (χ3v) is 4.28. The SMILES string of the molecule is COc1ccc2c(c1)C(O)CC(c1ccc(F)cc1Br)O2. The lowest BCUT2D eigenvalue weighted by Gasteiger charge is -2.30. The highest BCUT2D eigenvalue weighted by Gasteiger charge is 2.29. The van der Waals surface area contributed by atoms with Gasteiger partial charge in [0.25, 0.3) is 0 Å². The van der Waals surface area contributed by atoms with Crippen LogP contribution in [0.2, 0.25) is 0 Å². The molecular weight excluding hydrogens is 339 g/mol. The van der Waals surface area contributed by atoms with Crippen molar-refractivity contribution in [2.24, 2.45) is 0 Å². The molecule has 2 atom stereocenters. The highest BCUT2D eigenvalue weighted by atomic mass is 79.9. The highest BCUT2D eigenvalue weighted by Crippen LogP contribution is 2.43. The van der Waals surface area contributed by atoms with Crippen LogP contribution in [0.1, 0.15) is 29.8 Å². The third kappa shape index (κ3) is 2.76. The lowest BCUT2D eigenvalue weighted by molar-refractivity contribution is 0.0651. The zero-order chi connectivity index (χ0) is 15.0. The van der Waals surface area contributed by atoms with Crippen molar-refractivity contribution in [3.8, 4) is 11.5 Å². The monoisotopic (exact) mass is 352 g/mol. The number of aliphatic hydroxyl groups is 1. The van der Waals surface area contributed by atoms with Gasteiger partial charge in [0.15, 0.2) is 0 Å². The predicted molar refractivity (Wildman–Crippen MR) is 80.0 cm³/mol. The van der Waals surface area contributed by atoms with Crippen molar-refractivity contribution in [1.82, 2.24) is 0 Å². The van der Waals surface area contributed by atoms with Crippen molar-refractivity contribution in [2.45, 2.75) is 18.6 Å². The van der Waals surface area contributed by atoms with Crippen molar-refractivity contribution < 1.29 is 19.0 Å². The van der Waals surface area contributed by atoms with E-state index in [-0.39, 0.29) is 11.9 Å². The quantitative estimate of drug-likeness (QED) is 0.882. The van der Waals surface area contributed by atoms with Gasteiger partial charge in [-0.3, -0.25) is 0 Å². The molecule has 0 fully saturated rings. The van der Waals surface area contributed by atoms with Gasteiger partial charge in [0.2, 0.25) is 0 Å². The van der Waals surface area contributed by atoms with Gasteiger partial charge in [-0.1, -0.05) is 22.0 Å². The van der Waals surface area contributed by atoms with E-state index in [9.17, 15) is 9.50 Å². The summed E-state index contributed by atoms with van der Waals surface area (Å²) in [7, 11) is 1.58. The fraction of sp³-hybridized carbons (Fsp3) is 0.250. The van der Waals surface area contributed by atoms with E-state index in [4.69, 9.17) is 9.47 Å². The van der Waals surface area contributed by atoms with E-state index in [1.807, 2.05) is 0 Å². The summed E-state index contributed by atoms with van der Waals surface area (Å²) >= 11 is 3.34. The second-order valence-electron chi connectivity index (χ2n) is 4.93. The van der Waals surface area contributed by atoms with Gasteiger partial charge >= 0.3 is 0 Å². The second-order valence-corrected chi connectivity index (χ2v) is 5.78. The summed E-state index contributed by atoms with van der Waals surface area (Å²) in [4.78, 5) is 0. The largest absolute Gasteiger partial charge is 0.497 e. The summed E-state index contributed by atoms with van der Waals surface area (Å²) < 4.78 is 24.9. The van der Waals surface area contributed by atoms with Crippen LogP contribution in [0.5, 0.6) is 11.5 Å². The first kappa shape index (κ1) is 14.4. The number of methoxy groups -OCH3 is 1. The fourth-order valence-corrected chi connectivity index (χ4v) is 3.11. The molecule has 0 saturated carbocycles. The summed E-state index contributed by atoms with van der Waals surface area (Å²) in [5.41, 5.74) is 1.53. The average molecular weight is 353 g/mol. The van der Waals surface area contributed by atoms with Crippen molar-refractivity contribution in [1.29, 1.82) is 0 Å². The van der Waals surface area contributed by atoms with Gasteiger partial charge in [-0.05, 0) is 30.3 Å². The Morgan fingerprint density at radius 2 is 2.05 bits per heavy atom. The molecule has 3 rings (SSSR count). The zero-order valence-electron chi connectivity index (χ0n) is 11.3. The molecule has 2 aromatic rings. The smallest absolute Gasteiger partial charge is 0.128 e. The van der Waals surface area contributed by atoms with E-state index in [1.165, 1.54) is 12.1 Å². The first-order valence-electron chi connectivity index (χ1n) is 6.56. The number of fused-ring (bicyclic) bond motifs is 1. The van der Waals surface area contributed by atoms with Crippen molar-refractivity contribution in [3.05, 3.63) is 57.8 Å². The first-order valence-corrected chi connectivity index (χ1v) is 7.35. The highest BCUT2D eigenvalue weighted by molar-refractivity contribution is 9.10. The second kappa shape index (κ2) is 5.66. The molecule has 2 unspecified atom stereocenters. The van der Waals surface area contributed by atoms with Gasteiger partial charge in [0.1, 0.15) is 23.4 Å². The van der Waals surface area contributed by atoms with E-state index < -0.39 is 6.10 Å². The molecule has 0 aromatic heterocycles. The summed E-state index contributed by atoms with van der Waals surface area (Å²) in [5.74, 6) is 0.987. The van der Waals surface area contributed by atoms with E-state index in [0.29, 0.717) is 28.0 Å². The van der Waals surface area contributed by atoms with E-state index in [2.05, 4.69) is 15.9 Å². The zero-order valence-corrected chi connectivity index (χ0v) is 12.9. The van der Waals surface area contributed by atoms with Gasteiger partial charge < -0.3 is 14.6 Å². The van der Waals surface area contributed by atoms with Crippen LogP contribution in [-0.4, -0.2) is 12.2 Å². The van der Waals surface area contributed by atoms with Crippen molar-refractivity contribution in [2.75, 3.05) is 7.11 Å². The van der Waals surface area contributed by atoms with Crippen molar-refractivity contribution >= 4 is 15.9 Å². The third-order valence-electron chi connectivity index (χ3n) is 3.59. The molecule has 1 heterocycles. The number of hydrogen-bond acceptors (Lipinski definition) is 3. The van der Waals surface area contributed by atoms with Crippen LogP contribution >= 0.6 is 15.9 Å². The Morgan fingerprint density at radius 3 is 2.76 bits per heavy atom. The first-order chi connectivity index (χ1) is 10.1. The van der Waals surface area contributed by atoms with Crippen LogP contribution in [0.4, 0.5) is 4.39 Å². The molecule has 1 aliphatic heterocycles. The minimum absolute atomic E-state index is 0.313. The van der Waals surface area contributed by atoms with Crippen LogP contribution in [-0.2, 0) is 0 Å². The van der Waals surface area contributed by atoms with Crippen LogP contribution in [0.15, 0.2) is 40.9 Å². The summed E-state index contributed by atoms with van der Waals surface area (Å²) in [5, 5.41) is 10.3. The van der Waals surface area contributed by atoms with Crippen molar-refractivity contribution in [3.63, 3.8) is 0 Å². The van der Waals surface area contributed by atoms with Crippen LogP contribution in [0.25, 0.3) is 0 Å². The Hall–Kier alpha value is -1.59. The number of benzene rings is 2. The van der Waals surface area contributed by atoms with Gasteiger partial charge in [-0.2, -0.15) is 0 Å². The maximum Gasteiger partial charge on any atom is 0.128 e. The lowest BCUT2D eigenvalue weighted by Crippen LogP contribution is -2.19. The number of aliphatic hydroxyl groups excluding tert-OH is 1. The molecule has 2 aromatic carbocycles. The molecular formula is C16H14BrFO3. The van der Waals surface area contributed by atoms with E-state index >= 15 is 0 Å². The van der Waals surface area contributed by atoms with Gasteiger partial charge in [0, 0.05) is 22.0 Å². The molecule has 0 bridgehead atoms. The molecule has 0 amide bonds. The van der Waals surface area contributed by atoms with E-state index in [1.54, 1.807) is 31.4 Å². The Bertz CT molecular complexity index is 675. The minimum Gasteiger partial charge on any atom is -0.497 e. The number of halogens is 2. The van der Waals surface area contributed by atoms with Gasteiger partial charge in [-0.15, -0.1) is 0 Å². The Labute approximate surface area is 130 Å². The Kier molecular flexibility index (Phi) is 3.87. The maximum atomic E-state index is 13.2. The Morgan fingerprint density at radius 1 is 1.24 bits per heavy atom. The van der Waals surface area contributed by atoms with E-state index in [0.717, 1.165) is 5.56 Å². The number of rotatable bonds is 2. The number of ether oxygens (including phenoxy) is 2. The fourth-order valence-electron chi connectivity index (χ4n) is 2.51. The Balaban J connectivity index is 1.94. The normalized spacial score (nSPS) is 20.6. The van der Waals surface area contributed by atoms with Crippen LogP contribution in [0, 0.1) is 5.82 Å². The molecule has 1 aliphatic rings. The molecule has 0 aliphatic carbocycles. The number of hydrogen-bond donors (Lipinski definition) is 1. The topological polar surface area (TPSA) is 38.7 Å². The lowest BCUT2D eigenvalue weighted by atomic mass is 9.95. The van der Waals surface area contributed by atoms with Gasteiger partial charge in [-0.25, -0.2) is 4.39 Å². The molecule has 110 valence electrons. The molecule has 0 saturated heterocycles. The summed E-state index contributed by atoms with van der Waals surface area (Å²) in [6.07, 6.45) is -0.564. The van der Waals surface area contributed by atoms with Gasteiger partial charge in [0.05, 0.1) is 13.2 Å². The summed E-state index contributed by atoms with van der Waals surface area (Å²) in [6, 6.07) is 9.80. The molecule has 5 heteroatoms. The van der Waals surface area contributed by atoms with Crippen LogP contribution in [0.3, 0.4) is 0 Å². The molecule has 0 spiro atoms. The molecule has 21 heavy (non-hydrogen) atoms. The average Bonchev–Trinajstić information content (AvgIpc) is 2.47. The molecule has 1 N–H and O–H groups in total. The molecule has 3 nitrogen and oxygen atoms in total. The minimum atomic E-state index is -0.647. The predicted octanol–water partition coefficient (Wildman–Crippen LogP) is 4.15. The van der Waals surface area contributed by atoms with Crippen LogP contribution < -0.4 is 9.47 Å². The standard InChI is InChI=1S/C16H14BrFO3/c1-20-10-3-5-15-12(7-10)14(19)8-16(21-15)11-4-2-9(18)6-13(11)17/h2-7,14,16,19H,8H2,1H3. The molecule has 0 radical (unpaired) electrons.